The highest BCUT2D eigenvalue weighted by atomic mass is 32.2. The molecule has 0 saturated heterocycles. The summed E-state index contributed by atoms with van der Waals surface area (Å²) in [5.41, 5.74) is 3.16. The molecule has 4 rings (SSSR count). The van der Waals surface area contributed by atoms with Crippen molar-refractivity contribution in [2.45, 2.75) is 30.7 Å². The highest BCUT2D eigenvalue weighted by molar-refractivity contribution is 8.00. The van der Waals surface area contributed by atoms with Crippen molar-refractivity contribution in [3.63, 3.8) is 0 Å². The second-order valence-electron chi connectivity index (χ2n) is 6.50. The van der Waals surface area contributed by atoms with Gasteiger partial charge in [0, 0.05) is 29.6 Å². The molecule has 128 valence electrons. The molecule has 25 heavy (non-hydrogen) atoms. The molecule has 2 aromatic carbocycles. The minimum Gasteiger partial charge on any atom is -0.310 e. The largest absolute Gasteiger partial charge is 0.310 e. The Morgan fingerprint density at radius 1 is 1.12 bits per heavy atom. The molecule has 0 saturated carbocycles. The molecule has 1 unspecified atom stereocenters. The fraction of sp³-hybridized carbons (Fsp3) is 0.300. The van der Waals surface area contributed by atoms with E-state index in [1.807, 2.05) is 47.4 Å². The summed E-state index contributed by atoms with van der Waals surface area (Å²) in [5, 5.41) is 0. The van der Waals surface area contributed by atoms with Crippen molar-refractivity contribution in [1.29, 1.82) is 0 Å². The van der Waals surface area contributed by atoms with E-state index < -0.39 is 0 Å². The maximum Gasteiger partial charge on any atom is 0.237 e. The van der Waals surface area contributed by atoms with E-state index in [4.69, 9.17) is 0 Å². The van der Waals surface area contributed by atoms with Gasteiger partial charge in [0.15, 0.2) is 0 Å². The summed E-state index contributed by atoms with van der Waals surface area (Å²) < 4.78 is 0. The summed E-state index contributed by atoms with van der Waals surface area (Å²) in [6.07, 6.45) is 1.23. The van der Waals surface area contributed by atoms with Crippen LogP contribution in [0.15, 0.2) is 53.4 Å². The first-order valence-electron chi connectivity index (χ1n) is 8.57. The zero-order chi connectivity index (χ0) is 17.4. The van der Waals surface area contributed by atoms with Gasteiger partial charge in [0.1, 0.15) is 0 Å². The van der Waals surface area contributed by atoms with Crippen LogP contribution in [0.4, 0.5) is 11.4 Å². The number of hydrogen-bond donors (Lipinski definition) is 0. The molecule has 0 aromatic heterocycles. The van der Waals surface area contributed by atoms with Crippen LogP contribution in [0.3, 0.4) is 0 Å². The van der Waals surface area contributed by atoms with Crippen LogP contribution in [-0.4, -0.2) is 30.2 Å². The van der Waals surface area contributed by atoms with E-state index in [1.54, 1.807) is 16.7 Å². The fourth-order valence-electron chi connectivity index (χ4n) is 3.67. The third kappa shape index (κ3) is 2.93. The number of thioether (sulfide) groups is 1. The van der Waals surface area contributed by atoms with E-state index in [1.165, 1.54) is 5.56 Å². The van der Waals surface area contributed by atoms with Gasteiger partial charge in [-0.1, -0.05) is 30.3 Å². The average molecular weight is 352 g/mol. The van der Waals surface area contributed by atoms with E-state index in [9.17, 15) is 9.59 Å². The maximum absolute atomic E-state index is 12.9. The molecular formula is C20H20N2O2S. The summed E-state index contributed by atoms with van der Waals surface area (Å²) in [7, 11) is 0. The third-order valence-corrected chi connectivity index (χ3v) is 5.88. The van der Waals surface area contributed by atoms with E-state index in [0.29, 0.717) is 18.7 Å². The second kappa shape index (κ2) is 6.56. The van der Waals surface area contributed by atoms with Crippen LogP contribution in [0.1, 0.15) is 18.9 Å². The van der Waals surface area contributed by atoms with Crippen LogP contribution < -0.4 is 9.80 Å². The summed E-state index contributed by atoms with van der Waals surface area (Å²) >= 11 is 1.56. The van der Waals surface area contributed by atoms with Crippen molar-refractivity contribution in [3.05, 3.63) is 54.1 Å². The second-order valence-corrected chi connectivity index (χ2v) is 7.51. The molecule has 0 bridgehead atoms. The van der Waals surface area contributed by atoms with Crippen LogP contribution >= 0.6 is 11.8 Å². The molecule has 0 aliphatic carbocycles. The molecule has 2 heterocycles. The number of nitrogens with zero attached hydrogens (tertiary/aromatic N) is 2. The SMILES string of the molecule is CC1Cc2ccccc2N1C(=O)CCN1C(=O)CSc2ccccc21. The third-order valence-electron chi connectivity index (χ3n) is 4.83. The van der Waals surface area contributed by atoms with Crippen molar-refractivity contribution in [2.75, 3.05) is 22.1 Å². The van der Waals surface area contributed by atoms with Gasteiger partial charge in [0.05, 0.1) is 11.4 Å². The molecule has 0 spiro atoms. The van der Waals surface area contributed by atoms with Crippen molar-refractivity contribution in [1.82, 2.24) is 0 Å². The van der Waals surface area contributed by atoms with Gasteiger partial charge in [0.25, 0.3) is 0 Å². The summed E-state index contributed by atoms with van der Waals surface area (Å²) in [6.45, 7) is 2.51. The first-order valence-corrected chi connectivity index (χ1v) is 9.56. The smallest absolute Gasteiger partial charge is 0.237 e. The summed E-state index contributed by atoms with van der Waals surface area (Å²) in [6, 6.07) is 16.1. The predicted molar refractivity (Wildman–Crippen MR) is 101 cm³/mol. The highest BCUT2D eigenvalue weighted by Gasteiger charge is 2.31. The van der Waals surface area contributed by atoms with Crippen molar-refractivity contribution in [2.24, 2.45) is 0 Å². The van der Waals surface area contributed by atoms with Crippen molar-refractivity contribution in [3.8, 4) is 0 Å². The number of rotatable bonds is 3. The Morgan fingerprint density at radius 2 is 1.84 bits per heavy atom. The lowest BCUT2D eigenvalue weighted by Crippen LogP contribution is -2.41. The minimum atomic E-state index is 0.0753. The zero-order valence-corrected chi connectivity index (χ0v) is 15.0. The molecular weight excluding hydrogens is 332 g/mol. The molecule has 2 aromatic rings. The number of para-hydroxylation sites is 2. The lowest BCUT2D eigenvalue weighted by Gasteiger charge is -2.30. The summed E-state index contributed by atoms with van der Waals surface area (Å²) in [5.74, 6) is 0.598. The molecule has 2 aliphatic heterocycles. The Balaban J connectivity index is 1.50. The number of amides is 2. The Kier molecular flexibility index (Phi) is 4.25. The first kappa shape index (κ1) is 16.2. The Labute approximate surface area is 151 Å². The molecule has 2 amide bonds. The molecule has 1 atom stereocenters. The molecule has 0 N–H and O–H groups in total. The predicted octanol–water partition coefficient (Wildman–Crippen LogP) is 3.49. The zero-order valence-electron chi connectivity index (χ0n) is 14.1. The Morgan fingerprint density at radius 3 is 2.68 bits per heavy atom. The van der Waals surface area contributed by atoms with Crippen LogP contribution in [0.5, 0.6) is 0 Å². The van der Waals surface area contributed by atoms with Gasteiger partial charge in [-0.25, -0.2) is 0 Å². The molecule has 2 aliphatic rings. The Hall–Kier alpha value is -2.27. The van der Waals surface area contributed by atoms with Crippen molar-refractivity contribution < 1.29 is 9.59 Å². The average Bonchev–Trinajstić information content (AvgIpc) is 2.96. The van der Waals surface area contributed by atoms with Gasteiger partial charge < -0.3 is 9.80 Å². The van der Waals surface area contributed by atoms with Gasteiger partial charge in [-0.3, -0.25) is 9.59 Å². The van der Waals surface area contributed by atoms with Gasteiger partial charge >= 0.3 is 0 Å². The number of carbonyl (C=O) groups excluding carboxylic acids is 2. The molecule has 5 heteroatoms. The lowest BCUT2D eigenvalue weighted by atomic mass is 10.1. The standard InChI is InChI=1S/C20H20N2O2S/c1-14-12-15-6-2-3-7-16(15)22(14)19(23)10-11-21-17-8-4-5-9-18(17)25-13-20(21)24/h2-9,14H,10-13H2,1H3. The molecule has 0 fully saturated rings. The van der Waals surface area contributed by atoms with Gasteiger partial charge in [-0.05, 0) is 37.1 Å². The van der Waals surface area contributed by atoms with Crippen LogP contribution in [0.2, 0.25) is 0 Å². The normalized spacial score (nSPS) is 18.9. The maximum atomic E-state index is 12.9. The number of benzene rings is 2. The first-order chi connectivity index (χ1) is 12.1. The minimum absolute atomic E-state index is 0.0753. The number of anilines is 2. The van der Waals surface area contributed by atoms with Crippen LogP contribution in [0, 0.1) is 0 Å². The lowest BCUT2D eigenvalue weighted by molar-refractivity contribution is -0.119. The number of hydrogen-bond acceptors (Lipinski definition) is 3. The molecule has 4 nitrogen and oxygen atoms in total. The Bertz CT molecular complexity index is 836. The van der Waals surface area contributed by atoms with E-state index in [2.05, 4.69) is 13.0 Å². The van der Waals surface area contributed by atoms with E-state index in [0.717, 1.165) is 22.7 Å². The van der Waals surface area contributed by atoms with E-state index in [-0.39, 0.29) is 17.9 Å². The fourth-order valence-corrected chi connectivity index (χ4v) is 4.61. The van der Waals surface area contributed by atoms with Crippen LogP contribution in [0.25, 0.3) is 0 Å². The van der Waals surface area contributed by atoms with E-state index >= 15 is 0 Å². The topological polar surface area (TPSA) is 40.6 Å². The number of fused-ring (bicyclic) bond motifs is 2. The quantitative estimate of drug-likeness (QED) is 0.849. The van der Waals surface area contributed by atoms with Crippen molar-refractivity contribution >= 4 is 35.0 Å². The molecule has 0 radical (unpaired) electrons. The van der Waals surface area contributed by atoms with Crippen LogP contribution in [-0.2, 0) is 16.0 Å². The highest BCUT2D eigenvalue weighted by Crippen LogP contribution is 2.36. The van der Waals surface area contributed by atoms with Gasteiger partial charge in [-0.2, -0.15) is 0 Å². The summed E-state index contributed by atoms with van der Waals surface area (Å²) in [4.78, 5) is 30.0. The van der Waals surface area contributed by atoms with Gasteiger partial charge in [0.2, 0.25) is 11.8 Å². The van der Waals surface area contributed by atoms with Gasteiger partial charge in [-0.15, -0.1) is 11.8 Å². The monoisotopic (exact) mass is 352 g/mol. The number of carbonyl (C=O) groups is 2.